The van der Waals surface area contributed by atoms with Gasteiger partial charge in [0.05, 0.1) is 6.04 Å². The van der Waals surface area contributed by atoms with Crippen molar-refractivity contribution in [3.05, 3.63) is 0 Å². The lowest BCUT2D eigenvalue weighted by Gasteiger charge is -2.28. The zero-order chi connectivity index (χ0) is 12.5. The van der Waals surface area contributed by atoms with Crippen LogP contribution in [0.25, 0.3) is 0 Å². The molecule has 1 heterocycles. The molecule has 0 radical (unpaired) electrons. The second-order valence-electron chi connectivity index (χ2n) is 4.88. The molecule has 4 nitrogen and oxygen atoms in total. The maximum absolute atomic E-state index is 11.9. The first-order valence-corrected chi connectivity index (χ1v) is 6.89. The molecule has 17 heavy (non-hydrogen) atoms. The Hall–Kier alpha value is -0.610. The summed E-state index contributed by atoms with van der Waals surface area (Å²) in [5.41, 5.74) is 0. The molecule has 0 saturated carbocycles. The molecule has 0 spiro atoms. The molecule has 1 aliphatic rings. The van der Waals surface area contributed by atoms with Gasteiger partial charge in [-0.05, 0) is 44.6 Å². The third-order valence-electron chi connectivity index (χ3n) is 3.54. The number of aliphatic hydroxyl groups excluding tert-OH is 1. The predicted octanol–water partition coefficient (Wildman–Crippen LogP) is 1.04. The summed E-state index contributed by atoms with van der Waals surface area (Å²) in [4.78, 5) is 11.9. The van der Waals surface area contributed by atoms with Crippen LogP contribution in [-0.4, -0.2) is 36.8 Å². The van der Waals surface area contributed by atoms with Crippen molar-refractivity contribution in [2.75, 3.05) is 19.7 Å². The van der Waals surface area contributed by atoms with E-state index in [0.717, 1.165) is 38.8 Å². The molecule has 1 rings (SSSR count). The van der Waals surface area contributed by atoms with Gasteiger partial charge in [0.25, 0.3) is 0 Å². The first-order chi connectivity index (χ1) is 8.27. The molecule has 0 bridgehead atoms. The minimum Gasteiger partial charge on any atom is -0.396 e. The van der Waals surface area contributed by atoms with Gasteiger partial charge in [0.15, 0.2) is 0 Å². The number of amides is 1. The molecule has 0 aromatic heterocycles. The normalized spacial score (nSPS) is 24.6. The van der Waals surface area contributed by atoms with Gasteiger partial charge in [0, 0.05) is 13.2 Å². The lowest BCUT2D eigenvalue weighted by Crippen LogP contribution is -2.48. The second kappa shape index (κ2) is 8.48. The lowest BCUT2D eigenvalue weighted by molar-refractivity contribution is -0.124. The Bertz CT molecular complexity index is 221. The van der Waals surface area contributed by atoms with Crippen molar-refractivity contribution in [3.8, 4) is 0 Å². The number of rotatable bonds is 7. The highest BCUT2D eigenvalue weighted by Crippen LogP contribution is 2.19. The Balaban J connectivity index is 2.14. The first kappa shape index (κ1) is 14.5. The molecule has 0 aromatic rings. The minimum absolute atomic E-state index is 0.00606. The quantitative estimate of drug-likeness (QED) is 0.585. The van der Waals surface area contributed by atoms with E-state index in [4.69, 9.17) is 5.11 Å². The average molecular weight is 242 g/mol. The third kappa shape index (κ3) is 5.50. The molecule has 1 aliphatic heterocycles. The van der Waals surface area contributed by atoms with Crippen LogP contribution in [0.3, 0.4) is 0 Å². The van der Waals surface area contributed by atoms with Crippen LogP contribution in [0.4, 0.5) is 0 Å². The summed E-state index contributed by atoms with van der Waals surface area (Å²) in [5.74, 6) is 0.841. The summed E-state index contributed by atoms with van der Waals surface area (Å²) in [6, 6.07) is 0.00606. The van der Waals surface area contributed by atoms with Gasteiger partial charge >= 0.3 is 0 Å². The highest BCUT2D eigenvalue weighted by atomic mass is 16.2. The summed E-state index contributed by atoms with van der Waals surface area (Å²) in [5, 5.41) is 14.9. The van der Waals surface area contributed by atoms with E-state index in [1.54, 1.807) is 0 Å². The summed E-state index contributed by atoms with van der Waals surface area (Å²) >= 11 is 0. The van der Waals surface area contributed by atoms with Crippen LogP contribution in [0.5, 0.6) is 0 Å². The molecular weight excluding hydrogens is 216 g/mol. The molecule has 3 N–H and O–H groups in total. The van der Waals surface area contributed by atoms with Crippen molar-refractivity contribution < 1.29 is 9.90 Å². The van der Waals surface area contributed by atoms with E-state index >= 15 is 0 Å². The minimum atomic E-state index is 0.00606. The fourth-order valence-corrected chi connectivity index (χ4v) is 2.32. The van der Waals surface area contributed by atoms with Crippen molar-refractivity contribution in [2.24, 2.45) is 5.92 Å². The number of carbonyl (C=O) groups is 1. The van der Waals surface area contributed by atoms with Crippen molar-refractivity contribution in [3.63, 3.8) is 0 Å². The molecule has 1 saturated heterocycles. The fourth-order valence-electron chi connectivity index (χ4n) is 2.32. The molecular formula is C13H26N2O2. The zero-order valence-electron chi connectivity index (χ0n) is 10.9. The summed E-state index contributed by atoms with van der Waals surface area (Å²) in [6.07, 6.45) is 6.09. The van der Waals surface area contributed by atoms with Gasteiger partial charge in [-0.15, -0.1) is 0 Å². The average Bonchev–Trinajstić information content (AvgIpc) is 2.38. The number of hydrogen-bond donors (Lipinski definition) is 3. The van der Waals surface area contributed by atoms with Crippen LogP contribution in [0.2, 0.25) is 0 Å². The van der Waals surface area contributed by atoms with Crippen molar-refractivity contribution in [1.29, 1.82) is 0 Å². The van der Waals surface area contributed by atoms with Crippen LogP contribution in [0.1, 0.15) is 45.4 Å². The topological polar surface area (TPSA) is 61.4 Å². The number of hydrogen-bond acceptors (Lipinski definition) is 3. The van der Waals surface area contributed by atoms with Gasteiger partial charge < -0.3 is 15.7 Å². The molecule has 0 aliphatic carbocycles. The van der Waals surface area contributed by atoms with Crippen LogP contribution < -0.4 is 10.6 Å². The van der Waals surface area contributed by atoms with Gasteiger partial charge in [-0.2, -0.15) is 0 Å². The molecule has 4 heteroatoms. The molecule has 1 fully saturated rings. The molecule has 2 atom stereocenters. The number of unbranched alkanes of at least 4 members (excludes halogenated alkanes) is 2. The standard InChI is InChI=1S/C13H26N2O2/c1-2-11-6-8-14-12(10-11)13(17)15-7-4-3-5-9-16/h11-12,14,16H,2-10H2,1H3,(H,15,17). The fraction of sp³-hybridized carbons (Fsp3) is 0.923. The summed E-state index contributed by atoms with van der Waals surface area (Å²) < 4.78 is 0. The van der Waals surface area contributed by atoms with E-state index in [-0.39, 0.29) is 18.6 Å². The van der Waals surface area contributed by atoms with Gasteiger partial charge in [-0.3, -0.25) is 4.79 Å². The third-order valence-corrected chi connectivity index (χ3v) is 3.54. The number of piperidine rings is 1. The summed E-state index contributed by atoms with van der Waals surface area (Å²) in [6.45, 7) is 4.13. The van der Waals surface area contributed by atoms with E-state index in [0.29, 0.717) is 5.92 Å². The largest absolute Gasteiger partial charge is 0.396 e. The van der Waals surface area contributed by atoms with E-state index in [1.807, 2.05) is 0 Å². The van der Waals surface area contributed by atoms with E-state index in [1.165, 1.54) is 12.8 Å². The molecule has 0 aromatic carbocycles. The van der Waals surface area contributed by atoms with Crippen LogP contribution in [-0.2, 0) is 4.79 Å². The number of nitrogens with one attached hydrogen (secondary N) is 2. The van der Waals surface area contributed by atoms with Crippen LogP contribution in [0, 0.1) is 5.92 Å². The number of aliphatic hydroxyl groups is 1. The van der Waals surface area contributed by atoms with Crippen molar-refractivity contribution in [1.82, 2.24) is 10.6 Å². The highest BCUT2D eigenvalue weighted by Gasteiger charge is 2.25. The Labute approximate surface area is 104 Å². The highest BCUT2D eigenvalue weighted by molar-refractivity contribution is 5.81. The Morgan fingerprint density at radius 1 is 1.41 bits per heavy atom. The van der Waals surface area contributed by atoms with Gasteiger partial charge in [-0.1, -0.05) is 13.3 Å². The van der Waals surface area contributed by atoms with Crippen molar-refractivity contribution >= 4 is 5.91 Å². The van der Waals surface area contributed by atoms with E-state index < -0.39 is 0 Å². The number of carbonyl (C=O) groups excluding carboxylic acids is 1. The van der Waals surface area contributed by atoms with Gasteiger partial charge in [0.1, 0.15) is 0 Å². The molecule has 2 unspecified atom stereocenters. The Kier molecular flexibility index (Phi) is 7.21. The molecule has 100 valence electrons. The summed E-state index contributed by atoms with van der Waals surface area (Å²) in [7, 11) is 0. The maximum atomic E-state index is 11.9. The van der Waals surface area contributed by atoms with Crippen LogP contribution in [0.15, 0.2) is 0 Å². The second-order valence-corrected chi connectivity index (χ2v) is 4.88. The SMILES string of the molecule is CCC1CCNC(C(=O)NCCCCCO)C1. The smallest absolute Gasteiger partial charge is 0.237 e. The van der Waals surface area contributed by atoms with Gasteiger partial charge in [0.2, 0.25) is 5.91 Å². The molecule has 1 amide bonds. The van der Waals surface area contributed by atoms with E-state index in [2.05, 4.69) is 17.6 Å². The van der Waals surface area contributed by atoms with Gasteiger partial charge in [-0.25, -0.2) is 0 Å². The van der Waals surface area contributed by atoms with Crippen LogP contribution >= 0.6 is 0 Å². The first-order valence-electron chi connectivity index (χ1n) is 6.89. The monoisotopic (exact) mass is 242 g/mol. The lowest BCUT2D eigenvalue weighted by atomic mass is 9.90. The predicted molar refractivity (Wildman–Crippen MR) is 68.8 cm³/mol. The Morgan fingerprint density at radius 3 is 2.94 bits per heavy atom. The maximum Gasteiger partial charge on any atom is 0.237 e. The zero-order valence-corrected chi connectivity index (χ0v) is 10.9. The van der Waals surface area contributed by atoms with E-state index in [9.17, 15) is 4.79 Å². The Morgan fingerprint density at radius 2 is 2.24 bits per heavy atom. The van der Waals surface area contributed by atoms with Crippen molar-refractivity contribution in [2.45, 2.75) is 51.5 Å².